The van der Waals surface area contributed by atoms with Crippen LogP contribution >= 0.6 is 0 Å². The molecule has 1 aromatic rings. The molecule has 2 rings (SSSR count). The van der Waals surface area contributed by atoms with E-state index in [4.69, 9.17) is 0 Å². The molecule has 0 radical (unpaired) electrons. The Labute approximate surface area is 110 Å². The Morgan fingerprint density at radius 1 is 1.17 bits per heavy atom. The van der Waals surface area contributed by atoms with Crippen molar-refractivity contribution in [3.63, 3.8) is 0 Å². The Balaban J connectivity index is 1.86. The van der Waals surface area contributed by atoms with Crippen LogP contribution in [0.15, 0.2) is 24.3 Å². The summed E-state index contributed by atoms with van der Waals surface area (Å²) in [6, 6.07) is 8.34. The molecule has 0 spiro atoms. The molecule has 0 aromatic heterocycles. The molecule has 0 aliphatic carbocycles. The van der Waals surface area contributed by atoms with Crippen molar-refractivity contribution in [3.05, 3.63) is 35.4 Å². The fourth-order valence-corrected chi connectivity index (χ4v) is 2.30. The average Bonchev–Trinajstić information content (AvgIpc) is 2.37. The Morgan fingerprint density at radius 2 is 1.78 bits per heavy atom. The zero-order valence-corrected chi connectivity index (χ0v) is 11.4. The molecule has 18 heavy (non-hydrogen) atoms. The van der Waals surface area contributed by atoms with Gasteiger partial charge in [-0.3, -0.25) is 0 Å². The van der Waals surface area contributed by atoms with Gasteiger partial charge in [0, 0.05) is 32.7 Å². The van der Waals surface area contributed by atoms with Gasteiger partial charge >= 0.3 is 0 Å². The van der Waals surface area contributed by atoms with Crippen molar-refractivity contribution in [2.24, 2.45) is 0 Å². The largest absolute Gasteiger partial charge is 0.386 e. The first-order chi connectivity index (χ1) is 8.55. The number of hydrogen-bond donors (Lipinski definition) is 2. The first-order valence-electron chi connectivity index (χ1n) is 6.80. The van der Waals surface area contributed by atoms with Crippen LogP contribution in [0.2, 0.25) is 0 Å². The minimum Gasteiger partial charge on any atom is -0.386 e. The van der Waals surface area contributed by atoms with E-state index in [1.807, 2.05) is 26.0 Å². The highest BCUT2D eigenvalue weighted by Gasteiger charge is 2.15. The fraction of sp³-hybridized carbons (Fsp3) is 0.600. The van der Waals surface area contributed by atoms with E-state index < -0.39 is 5.60 Å². The molecule has 0 saturated carbocycles. The van der Waals surface area contributed by atoms with Crippen molar-refractivity contribution < 1.29 is 5.11 Å². The topological polar surface area (TPSA) is 35.5 Å². The first kappa shape index (κ1) is 13.5. The number of hydrogen-bond acceptors (Lipinski definition) is 3. The minimum atomic E-state index is -0.739. The van der Waals surface area contributed by atoms with Crippen LogP contribution < -0.4 is 5.32 Å². The van der Waals surface area contributed by atoms with E-state index in [2.05, 4.69) is 22.3 Å². The maximum absolute atomic E-state index is 9.90. The predicted octanol–water partition coefficient (Wildman–Crippen LogP) is 1.36. The van der Waals surface area contributed by atoms with E-state index in [-0.39, 0.29) is 0 Å². The summed E-state index contributed by atoms with van der Waals surface area (Å²) >= 11 is 0. The van der Waals surface area contributed by atoms with Crippen molar-refractivity contribution in [2.45, 2.75) is 25.9 Å². The van der Waals surface area contributed by atoms with Gasteiger partial charge in [0.2, 0.25) is 0 Å². The van der Waals surface area contributed by atoms with Crippen molar-refractivity contribution in [1.29, 1.82) is 0 Å². The van der Waals surface area contributed by atoms with Gasteiger partial charge in [0.05, 0.1) is 5.60 Å². The molecule has 0 bridgehead atoms. The molecule has 1 aromatic carbocycles. The van der Waals surface area contributed by atoms with Gasteiger partial charge in [-0.2, -0.15) is 0 Å². The summed E-state index contributed by atoms with van der Waals surface area (Å²) in [5, 5.41) is 13.3. The number of nitrogens with one attached hydrogen (secondary N) is 1. The first-order valence-corrected chi connectivity index (χ1v) is 6.80. The van der Waals surface area contributed by atoms with Crippen LogP contribution in [0.1, 0.15) is 25.0 Å². The van der Waals surface area contributed by atoms with Gasteiger partial charge in [-0.15, -0.1) is 0 Å². The van der Waals surface area contributed by atoms with Crippen LogP contribution in [0.4, 0.5) is 0 Å². The maximum atomic E-state index is 9.90. The van der Waals surface area contributed by atoms with Gasteiger partial charge in [-0.1, -0.05) is 24.3 Å². The molecule has 100 valence electrons. The molecule has 1 heterocycles. The van der Waals surface area contributed by atoms with E-state index in [1.54, 1.807) is 0 Å². The molecule has 3 heteroatoms. The SMILES string of the molecule is CC(C)(O)c1ccc(CCN2CCNCC2)cc1. The molecule has 0 atom stereocenters. The molecule has 1 aliphatic rings. The van der Waals surface area contributed by atoms with Crippen LogP contribution in [0.3, 0.4) is 0 Å². The smallest absolute Gasteiger partial charge is 0.0840 e. The standard InChI is InChI=1S/C15H24N2O/c1-15(2,18)14-5-3-13(4-6-14)7-10-17-11-8-16-9-12-17/h3-6,16,18H,7-12H2,1-2H3. The van der Waals surface area contributed by atoms with Gasteiger partial charge in [0.25, 0.3) is 0 Å². The monoisotopic (exact) mass is 248 g/mol. The number of piperazine rings is 1. The third kappa shape index (κ3) is 3.80. The summed E-state index contributed by atoms with van der Waals surface area (Å²) in [5.74, 6) is 0. The highest BCUT2D eigenvalue weighted by molar-refractivity contribution is 5.26. The Hall–Kier alpha value is -0.900. The van der Waals surface area contributed by atoms with Gasteiger partial charge in [-0.25, -0.2) is 0 Å². The van der Waals surface area contributed by atoms with Crippen molar-refractivity contribution in [2.75, 3.05) is 32.7 Å². The number of nitrogens with zero attached hydrogens (tertiary/aromatic N) is 1. The lowest BCUT2D eigenvalue weighted by atomic mass is 9.97. The highest BCUT2D eigenvalue weighted by atomic mass is 16.3. The second-order valence-corrected chi connectivity index (χ2v) is 5.60. The lowest BCUT2D eigenvalue weighted by molar-refractivity contribution is 0.0786. The van der Waals surface area contributed by atoms with E-state index in [0.717, 1.165) is 44.7 Å². The summed E-state index contributed by atoms with van der Waals surface area (Å²) in [4.78, 5) is 2.50. The molecule has 0 amide bonds. The highest BCUT2D eigenvalue weighted by Crippen LogP contribution is 2.19. The molecule has 1 aliphatic heterocycles. The summed E-state index contributed by atoms with van der Waals surface area (Å²) in [6.07, 6.45) is 1.09. The van der Waals surface area contributed by atoms with Crippen LogP contribution in [-0.2, 0) is 12.0 Å². The zero-order chi connectivity index (χ0) is 13.0. The fourth-order valence-electron chi connectivity index (χ4n) is 2.30. The summed E-state index contributed by atoms with van der Waals surface area (Å²) in [6.45, 7) is 9.30. The Kier molecular flexibility index (Phi) is 4.38. The molecule has 0 unspecified atom stereocenters. The average molecular weight is 248 g/mol. The Morgan fingerprint density at radius 3 is 2.33 bits per heavy atom. The van der Waals surface area contributed by atoms with Crippen LogP contribution in [0.25, 0.3) is 0 Å². The zero-order valence-electron chi connectivity index (χ0n) is 11.4. The maximum Gasteiger partial charge on any atom is 0.0840 e. The van der Waals surface area contributed by atoms with Crippen LogP contribution in [0.5, 0.6) is 0 Å². The lowest BCUT2D eigenvalue weighted by Crippen LogP contribution is -2.44. The van der Waals surface area contributed by atoms with Gasteiger partial charge in [0.15, 0.2) is 0 Å². The molecule has 1 fully saturated rings. The van der Waals surface area contributed by atoms with E-state index in [9.17, 15) is 5.11 Å². The molecule has 1 saturated heterocycles. The molecule has 2 N–H and O–H groups in total. The van der Waals surface area contributed by atoms with Gasteiger partial charge < -0.3 is 15.3 Å². The van der Waals surface area contributed by atoms with Crippen molar-refractivity contribution >= 4 is 0 Å². The third-order valence-electron chi connectivity index (χ3n) is 3.59. The number of aliphatic hydroxyl groups is 1. The lowest BCUT2D eigenvalue weighted by Gasteiger charge is -2.27. The van der Waals surface area contributed by atoms with E-state index >= 15 is 0 Å². The number of rotatable bonds is 4. The third-order valence-corrected chi connectivity index (χ3v) is 3.59. The second kappa shape index (κ2) is 5.83. The quantitative estimate of drug-likeness (QED) is 0.844. The Bertz CT molecular complexity index is 361. The summed E-state index contributed by atoms with van der Waals surface area (Å²) < 4.78 is 0. The predicted molar refractivity (Wildman–Crippen MR) is 74.7 cm³/mol. The van der Waals surface area contributed by atoms with Gasteiger partial charge in [0.1, 0.15) is 0 Å². The number of benzene rings is 1. The van der Waals surface area contributed by atoms with E-state index in [1.165, 1.54) is 5.56 Å². The second-order valence-electron chi connectivity index (χ2n) is 5.60. The normalized spacial score (nSPS) is 17.9. The minimum absolute atomic E-state index is 0.739. The van der Waals surface area contributed by atoms with Gasteiger partial charge in [-0.05, 0) is 31.4 Å². The molecular weight excluding hydrogens is 224 g/mol. The van der Waals surface area contributed by atoms with E-state index in [0.29, 0.717) is 0 Å². The van der Waals surface area contributed by atoms with Crippen molar-refractivity contribution in [1.82, 2.24) is 10.2 Å². The molecular formula is C15H24N2O. The summed E-state index contributed by atoms with van der Waals surface area (Å²) in [5.41, 5.74) is 1.59. The van der Waals surface area contributed by atoms with Crippen LogP contribution in [0, 0.1) is 0 Å². The van der Waals surface area contributed by atoms with Crippen molar-refractivity contribution in [3.8, 4) is 0 Å². The molecule has 3 nitrogen and oxygen atoms in total. The summed E-state index contributed by atoms with van der Waals surface area (Å²) in [7, 11) is 0. The van der Waals surface area contributed by atoms with Crippen LogP contribution in [-0.4, -0.2) is 42.7 Å².